The maximum atomic E-state index is 5.84. The first-order valence-electron chi connectivity index (χ1n) is 3.38. The van der Waals surface area contributed by atoms with Crippen LogP contribution in [0.15, 0.2) is 0 Å². The molecule has 0 spiro atoms. The third-order valence-corrected chi connectivity index (χ3v) is 3.17. The van der Waals surface area contributed by atoms with Crippen LogP contribution >= 0.6 is 23.2 Å². The quantitative estimate of drug-likeness (QED) is 0.574. The molecule has 5 heteroatoms. The first-order chi connectivity index (χ1) is 4.77. The predicted octanol–water partition coefficient (Wildman–Crippen LogP) is 1.47. The van der Waals surface area contributed by atoms with Gasteiger partial charge in [0.1, 0.15) is 0 Å². The van der Waals surface area contributed by atoms with Gasteiger partial charge < -0.3 is 0 Å². The Morgan fingerprint density at radius 3 is 2.00 bits per heavy atom. The molecular weight excluding hydrogens is 366 g/mol. The van der Waals surface area contributed by atoms with Crippen LogP contribution in [0, 0.1) is 0 Å². The van der Waals surface area contributed by atoms with Gasteiger partial charge in [-0.05, 0) is 0 Å². The van der Waals surface area contributed by atoms with E-state index in [9.17, 15) is 0 Å². The molecule has 0 radical (unpaired) electrons. The number of halogens is 2. The molecule has 11 heavy (non-hydrogen) atoms. The first kappa shape index (κ1) is 12.2. The fourth-order valence-corrected chi connectivity index (χ4v) is 1.02. The molecule has 0 bridgehead atoms. The first-order valence-corrected chi connectivity index (χ1v) is 5.27. The number of rotatable bonds is 4. The van der Waals surface area contributed by atoms with Gasteiger partial charge in [-0.15, -0.1) is 0 Å². The van der Waals surface area contributed by atoms with E-state index >= 15 is 0 Å². The van der Waals surface area contributed by atoms with E-state index in [1.807, 2.05) is 6.92 Å². The Morgan fingerprint density at radius 1 is 1.27 bits per heavy atom. The summed E-state index contributed by atoms with van der Waals surface area (Å²) < 4.78 is -1.36. The maximum absolute atomic E-state index is 5.84. The van der Waals surface area contributed by atoms with Crippen molar-refractivity contribution in [1.29, 1.82) is 0 Å². The topological polar surface area (TPSA) is 52.0 Å². The van der Waals surface area contributed by atoms with Gasteiger partial charge in [-0.2, -0.15) is 0 Å². The second-order valence-electron chi connectivity index (χ2n) is 2.59. The van der Waals surface area contributed by atoms with Crippen LogP contribution in [0.4, 0.5) is 0 Å². The molecule has 0 amide bonds. The Balaban J connectivity index is 3.70. The average Bonchev–Trinajstić information content (AvgIpc) is 1.83. The molecule has 0 fully saturated rings. The van der Waals surface area contributed by atoms with Crippen LogP contribution in [-0.2, 0) is 19.8 Å². The van der Waals surface area contributed by atoms with Crippen LogP contribution in [0.3, 0.4) is 0 Å². The minimum absolute atomic E-state index is 0.228. The molecule has 0 aromatic carbocycles. The summed E-state index contributed by atoms with van der Waals surface area (Å²) in [6.07, 6.45) is 2.14. The van der Waals surface area contributed by atoms with E-state index < -0.39 is 4.46 Å². The SMILES string of the molecule is CC[C](N)([Pt])CCC(N)(Cl)Cl. The molecule has 4 N–H and O–H groups in total. The molecule has 0 aliphatic carbocycles. The Labute approximate surface area is 88.9 Å². The van der Waals surface area contributed by atoms with Crippen LogP contribution in [0.5, 0.6) is 0 Å². The Bertz CT molecular complexity index is 122. The van der Waals surface area contributed by atoms with Gasteiger partial charge >= 0.3 is 89.1 Å². The summed E-state index contributed by atoms with van der Waals surface area (Å²) in [5.74, 6) is 0. The Kier molecular flexibility index (Phi) is 4.91. The van der Waals surface area contributed by atoms with E-state index in [2.05, 4.69) is 19.8 Å². The molecular formula is C6H13Cl2N2Pt. The van der Waals surface area contributed by atoms with Crippen molar-refractivity contribution in [3.05, 3.63) is 0 Å². The number of hydrogen-bond donors (Lipinski definition) is 2. The van der Waals surface area contributed by atoms with E-state index in [-0.39, 0.29) is 3.93 Å². The molecule has 0 aromatic rings. The molecule has 0 aromatic heterocycles. The average molecular weight is 379 g/mol. The number of hydrogen-bond acceptors (Lipinski definition) is 2. The van der Waals surface area contributed by atoms with E-state index in [4.69, 9.17) is 34.7 Å². The predicted molar refractivity (Wildman–Crippen MR) is 45.1 cm³/mol. The van der Waals surface area contributed by atoms with E-state index in [0.29, 0.717) is 6.42 Å². The molecule has 71 valence electrons. The Hall–Kier alpha value is 1.19. The van der Waals surface area contributed by atoms with E-state index in [0.717, 1.165) is 12.8 Å². The number of alkyl halides is 2. The molecule has 1 atom stereocenters. The molecule has 0 saturated carbocycles. The van der Waals surface area contributed by atoms with E-state index in [1.165, 1.54) is 0 Å². The summed E-state index contributed by atoms with van der Waals surface area (Å²) in [5, 5.41) is 0. The molecule has 0 heterocycles. The summed E-state index contributed by atoms with van der Waals surface area (Å²) in [6, 6.07) is 0. The Morgan fingerprint density at radius 2 is 1.73 bits per heavy atom. The zero-order valence-corrected chi connectivity index (χ0v) is 10.1. The number of nitrogens with two attached hydrogens (primary N) is 2. The zero-order chi connectivity index (χ0) is 9.12. The summed E-state index contributed by atoms with van der Waals surface area (Å²) >= 11 is 13.3. The van der Waals surface area contributed by atoms with Crippen LogP contribution in [0.1, 0.15) is 26.2 Å². The second-order valence-corrected chi connectivity index (χ2v) is 6.39. The molecule has 0 aliphatic rings. The molecule has 0 rings (SSSR count). The second kappa shape index (κ2) is 4.43. The molecule has 2 nitrogen and oxygen atoms in total. The van der Waals surface area contributed by atoms with Gasteiger partial charge in [-0.1, -0.05) is 0 Å². The van der Waals surface area contributed by atoms with Crippen molar-refractivity contribution in [2.75, 3.05) is 0 Å². The van der Waals surface area contributed by atoms with Crippen molar-refractivity contribution >= 4 is 23.2 Å². The summed E-state index contributed by atoms with van der Waals surface area (Å²) in [5.41, 5.74) is 11.2. The van der Waals surface area contributed by atoms with Gasteiger partial charge in [0.2, 0.25) is 0 Å². The summed E-state index contributed by atoms with van der Waals surface area (Å²) in [7, 11) is 0. The third kappa shape index (κ3) is 7.55. The van der Waals surface area contributed by atoms with Gasteiger partial charge in [0.25, 0.3) is 0 Å². The monoisotopic (exact) mass is 378 g/mol. The van der Waals surface area contributed by atoms with Gasteiger partial charge in [0, 0.05) is 0 Å². The van der Waals surface area contributed by atoms with Crippen molar-refractivity contribution in [3.63, 3.8) is 0 Å². The van der Waals surface area contributed by atoms with Crippen LogP contribution in [0.2, 0.25) is 0 Å². The summed E-state index contributed by atoms with van der Waals surface area (Å²) in [6.45, 7) is 2.02. The van der Waals surface area contributed by atoms with Crippen LogP contribution in [-0.4, -0.2) is 8.39 Å². The van der Waals surface area contributed by atoms with Crippen molar-refractivity contribution in [2.24, 2.45) is 11.5 Å². The van der Waals surface area contributed by atoms with Gasteiger partial charge in [0.15, 0.2) is 0 Å². The fourth-order valence-electron chi connectivity index (χ4n) is 0.544. The third-order valence-electron chi connectivity index (χ3n) is 1.42. The zero-order valence-electron chi connectivity index (χ0n) is 6.35. The van der Waals surface area contributed by atoms with E-state index in [1.54, 1.807) is 0 Å². The molecule has 0 saturated heterocycles. The van der Waals surface area contributed by atoms with Crippen molar-refractivity contribution in [3.8, 4) is 0 Å². The molecule has 0 aliphatic heterocycles. The van der Waals surface area contributed by atoms with Crippen LogP contribution in [0.25, 0.3) is 0 Å². The summed E-state index contributed by atoms with van der Waals surface area (Å²) in [4.78, 5) is 0. The normalized spacial score (nSPS) is 18.1. The van der Waals surface area contributed by atoms with Gasteiger partial charge in [-0.25, -0.2) is 0 Å². The van der Waals surface area contributed by atoms with Crippen LogP contribution < -0.4 is 11.5 Å². The standard InChI is InChI=1S/C6H13Cl2N2.Pt/c1-2-5(9)3-4-6(7,8)10;/h2-4,9-10H2,1H3;. The minimum atomic E-state index is -1.13. The van der Waals surface area contributed by atoms with Gasteiger partial charge in [-0.3, -0.25) is 0 Å². The molecule has 1 unspecified atom stereocenters. The van der Waals surface area contributed by atoms with Crippen molar-refractivity contribution in [1.82, 2.24) is 0 Å². The van der Waals surface area contributed by atoms with Crippen molar-refractivity contribution < 1.29 is 19.8 Å². The van der Waals surface area contributed by atoms with Crippen molar-refractivity contribution in [2.45, 2.75) is 34.6 Å². The van der Waals surface area contributed by atoms with Gasteiger partial charge in [0.05, 0.1) is 0 Å². The fraction of sp³-hybridized carbons (Fsp3) is 1.00.